The third-order valence-corrected chi connectivity index (χ3v) is 2.45. The molecule has 1 aromatic rings. The van der Waals surface area contributed by atoms with Gasteiger partial charge in [-0.15, -0.1) is 25.6 Å². The third kappa shape index (κ3) is 6.12. The summed E-state index contributed by atoms with van der Waals surface area (Å²) in [5.74, 6) is -1.03. The highest BCUT2D eigenvalue weighted by Gasteiger charge is 2.32. The highest BCUT2D eigenvalue weighted by atomic mass is 35.5. The molecular weight excluding hydrogens is 297 g/mol. The van der Waals surface area contributed by atoms with Crippen LogP contribution in [-0.4, -0.2) is 18.8 Å². The SMILES string of the molecule is CC(CN)C(=O)NCc1ccccc1OC(F)(F)F.Cl. The summed E-state index contributed by atoms with van der Waals surface area (Å²) in [6.45, 7) is 1.76. The molecule has 1 aromatic carbocycles. The molecule has 1 amide bonds. The van der Waals surface area contributed by atoms with Crippen molar-refractivity contribution in [1.29, 1.82) is 0 Å². The molecular formula is C12H16ClF3N2O2. The fourth-order valence-corrected chi connectivity index (χ4v) is 1.34. The standard InChI is InChI=1S/C12H15F3N2O2.ClH/c1-8(6-16)11(18)17-7-9-4-2-3-5-10(9)19-12(13,14)15;/h2-5,8H,6-7,16H2,1H3,(H,17,18);1H. The molecule has 0 radical (unpaired) electrons. The minimum atomic E-state index is -4.76. The van der Waals surface area contributed by atoms with Crippen LogP contribution in [0, 0.1) is 5.92 Å². The van der Waals surface area contributed by atoms with Gasteiger partial charge in [-0.2, -0.15) is 0 Å². The molecule has 1 atom stereocenters. The van der Waals surface area contributed by atoms with Crippen LogP contribution in [-0.2, 0) is 11.3 Å². The lowest BCUT2D eigenvalue weighted by molar-refractivity contribution is -0.274. The van der Waals surface area contributed by atoms with E-state index in [1.807, 2.05) is 0 Å². The molecule has 0 saturated carbocycles. The van der Waals surface area contributed by atoms with Crippen molar-refractivity contribution >= 4 is 18.3 Å². The normalized spacial score (nSPS) is 12.2. The molecule has 0 aliphatic heterocycles. The molecule has 1 unspecified atom stereocenters. The van der Waals surface area contributed by atoms with Crippen molar-refractivity contribution in [2.24, 2.45) is 11.7 Å². The maximum absolute atomic E-state index is 12.2. The third-order valence-electron chi connectivity index (χ3n) is 2.45. The molecule has 0 bridgehead atoms. The number of nitrogens with one attached hydrogen (secondary N) is 1. The first-order valence-electron chi connectivity index (χ1n) is 5.65. The van der Waals surface area contributed by atoms with E-state index < -0.39 is 12.3 Å². The molecule has 20 heavy (non-hydrogen) atoms. The van der Waals surface area contributed by atoms with Crippen molar-refractivity contribution in [3.05, 3.63) is 29.8 Å². The number of benzene rings is 1. The second-order valence-electron chi connectivity index (χ2n) is 4.01. The van der Waals surface area contributed by atoms with Crippen LogP contribution in [0.15, 0.2) is 24.3 Å². The first-order chi connectivity index (χ1) is 8.83. The highest BCUT2D eigenvalue weighted by Crippen LogP contribution is 2.26. The van der Waals surface area contributed by atoms with Crippen molar-refractivity contribution in [1.82, 2.24) is 5.32 Å². The van der Waals surface area contributed by atoms with Crippen LogP contribution in [0.5, 0.6) is 5.75 Å². The van der Waals surface area contributed by atoms with Crippen molar-refractivity contribution in [3.8, 4) is 5.75 Å². The maximum atomic E-state index is 12.2. The molecule has 0 aliphatic rings. The van der Waals surface area contributed by atoms with E-state index in [1.54, 1.807) is 13.0 Å². The van der Waals surface area contributed by atoms with Crippen LogP contribution in [0.25, 0.3) is 0 Å². The number of ether oxygens (including phenoxy) is 1. The second kappa shape index (κ2) is 7.96. The van der Waals surface area contributed by atoms with Crippen LogP contribution >= 0.6 is 12.4 Å². The van der Waals surface area contributed by atoms with Gasteiger partial charge in [0, 0.05) is 24.6 Å². The smallest absolute Gasteiger partial charge is 0.405 e. The number of carbonyl (C=O) groups excluding carboxylic acids is 1. The van der Waals surface area contributed by atoms with Gasteiger partial charge in [-0.1, -0.05) is 25.1 Å². The van der Waals surface area contributed by atoms with Gasteiger partial charge in [0.1, 0.15) is 5.75 Å². The Kier molecular flexibility index (Phi) is 7.38. The molecule has 0 aliphatic carbocycles. The summed E-state index contributed by atoms with van der Waals surface area (Å²) in [5.41, 5.74) is 5.57. The Morgan fingerprint density at radius 3 is 2.55 bits per heavy atom. The minimum absolute atomic E-state index is 0. The second-order valence-corrected chi connectivity index (χ2v) is 4.01. The quantitative estimate of drug-likeness (QED) is 0.876. The number of carbonyl (C=O) groups is 1. The lowest BCUT2D eigenvalue weighted by Crippen LogP contribution is -2.33. The molecule has 0 spiro atoms. The number of hydrogen-bond donors (Lipinski definition) is 2. The molecule has 0 saturated heterocycles. The molecule has 8 heteroatoms. The summed E-state index contributed by atoms with van der Waals surface area (Å²) >= 11 is 0. The Morgan fingerprint density at radius 2 is 2.00 bits per heavy atom. The van der Waals surface area contributed by atoms with E-state index in [9.17, 15) is 18.0 Å². The van der Waals surface area contributed by atoms with Crippen LogP contribution < -0.4 is 15.8 Å². The first kappa shape index (κ1) is 18.5. The van der Waals surface area contributed by atoms with Crippen LogP contribution in [0.4, 0.5) is 13.2 Å². The van der Waals surface area contributed by atoms with E-state index in [0.29, 0.717) is 0 Å². The Morgan fingerprint density at radius 1 is 1.40 bits per heavy atom. The molecule has 3 N–H and O–H groups in total. The molecule has 0 heterocycles. The van der Waals surface area contributed by atoms with Gasteiger partial charge < -0.3 is 15.8 Å². The topological polar surface area (TPSA) is 64.4 Å². The minimum Gasteiger partial charge on any atom is -0.405 e. The number of hydrogen-bond acceptors (Lipinski definition) is 3. The number of alkyl halides is 3. The largest absolute Gasteiger partial charge is 0.573 e. The van der Waals surface area contributed by atoms with Crippen molar-refractivity contribution in [3.63, 3.8) is 0 Å². The van der Waals surface area contributed by atoms with E-state index in [-0.39, 0.29) is 42.7 Å². The summed E-state index contributed by atoms with van der Waals surface area (Å²) in [5, 5.41) is 2.51. The average Bonchev–Trinajstić information content (AvgIpc) is 2.34. The van der Waals surface area contributed by atoms with Crippen molar-refractivity contribution in [2.45, 2.75) is 19.8 Å². The molecule has 114 valence electrons. The zero-order chi connectivity index (χ0) is 14.5. The fraction of sp³-hybridized carbons (Fsp3) is 0.417. The number of rotatable bonds is 5. The van der Waals surface area contributed by atoms with Crippen LogP contribution in [0.2, 0.25) is 0 Å². The Labute approximate surface area is 120 Å². The summed E-state index contributed by atoms with van der Waals surface area (Å²) in [6.07, 6.45) is -4.76. The van der Waals surface area contributed by atoms with Crippen LogP contribution in [0.1, 0.15) is 12.5 Å². The first-order valence-corrected chi connectivity index (χ1v) is 5.65. The van der Waals surface area contributed by atoms with Gasteiger partial charge in [0.2, 0.25) is 5.91 Å². The van der Waals surface area contributed by atoms with Crippen molar-refractivity contribution < 1.29 is 22.7 Å². The van der Waals surface area contributed by atoms with E-state index >= 15 is 0 Å². The molecule has 4 nitrogen and oxygen atoms in total. The summed E-state index contributed by atoms with van der Waals surface area (Å²) in [4.78, 5) is 11.5. The molecule has 0 aromatic heterocycles. The molecule has 1 rings (SSSR count). The van der Waals surface area contributed by atoms with Gasteiger partial charge in [-0.3, -0.25) is 4.79 Å². The summed E-state index contributed by atoms with van der Waals surface area (Å²) < 4.78 is 40.4. The zero-order valence-corrected chi connectivity index (χ0v) is 11.6. The fourth-order valence-electron chi connectivity index (χ4n) is 1.34. The number of amides is 1. The zero-order valence-electron chi connectivity index (χ0n) is 10.7. The number of halogens is 4. The Bertz CT molecular complexity index is 441. The van der Waals surface area contributed by atoms with Gasteiger partial charge in [0.25, 0.3) is 0 Å². The van der Waals surface area contributed by atoms with Crippen molar-refractivity contribution in [2.75, 3.05) is 6.54 Å². The summed E-state index contributed by atoms with van der Waals surface area (Å²) in [6, 6.07) is 5.64. The van der Waals surface area contributed by atoms with E-state index in [1.165, 1.54) is 18.2 Å². The van der Waals surface area contributed by atoms with Gasteiger partial charge in [-0.05, 0) is 6.07 Å². The van der Waals surface area contributed by atoms with E-state index in [0.717, 1.165) is 0 Å². The molecule has 0 fully saturated rings. The van der Waals surface area contributed by atoms with E-state index in [4.69, 9.17) is 5.73 Å². The predicted molar refractivity (Wildman–Crippen MR) is 70.4 cm³/mol. The van der Waals surface area contributed by atoms with Gasteiger partial charge in [-0.25, -0.2) is 0 Å². The number of nitrogens with two attached hydrogens (primary N) is 1. The maximum Gasteiger partial charge on any atom is 0.573 e. The van der Waals surface area contributed by atoms with Gasteiger partial charge in [0.15, 0.2) is 0 Å². The predicted octanol–water partition coefficient (Wildman–Crippen LogP) is 2.22. The van der Waals surface area contributed by atoms with Crippen LogP contribution in [0.3, 0.4) is 0 Å². The highest BCUT2D eigenvalue weighted by molar-refractivity contribution is 5.85. The average molecular weight is 313 g/mol. The van der Waals surface area contributed by atoms with E-state index in [2.05, 4.69) is 10.1 Å². The van der Waals surface area contributed by atoms with Gasteiger partial charge in [0.05, 0.1) is 0 Å². The Hall–Kier alpha value is -1.47. The lowest BCUT2D eigenvalue weighted by atomic mass is 10.1. The Balaban J connectivity index is 0.00000361. The monoisotopic (exact) mass is 312 g/mol. The lowest BCUT2D eigenvalue weighted by Gasteiger charge is -2.14. The van der Waals surface area contributed by atoms with Gasteiger partial charge >= 0.3 is 6.36 Å². The summed E-state index contributed by atoms with van der Waals surface area (Å²) in [7, 11) is 0. The number of para-hydroxylation sites is 1.